The lowest BCUT2D eigenvalue weighted by atomic mass is 9.94. The fourth-order valence-electron chi connectivity index (χ4n) is 4.08. The van der Waals surface area contributed by atoms with Crippen molar-refractivity contribution >= 4 is 17.4 Å². The molecule has 2 aromatic carbocycles. The first-order valence-electron chi connectivity index (χ1n) is 11.9. The van der Waals surface area contributed by atoms with Crippen LogP contribution in [0.2, 0.25) is 0 Å². The molecule has 1 amide bonds. The van der Waals surface area contributed by atoms with Gasteiger partial charge in [0.2, 0.25) is 0 Å². The van der Waals surface area contributed by atoms with Crippen molar-refractivity contribution < 1.29 is 28.9 Å². The molecule has 8 nitrogen and oxygen atoms in total. The van der Waals surface area contributed by atoms with E-state index in [1.54, 1.807) is 24.3 Å². The summed E-state index contributed by atoms with van der Waals surface area (Å²) in [5, 5.41) is 11.5. The van der Waals surface area contributed by atoms with Crippen molar-refractivity contribution in [3.63, 3.8) is 0 Å². The van der Waals surface area contributed by atoms with Gasteiger partial charge in [-0.05, 0) is 64.7 Å². The molecule has 1 fully saturated rings. The standard InChI is InChI=1S/C27H34N2O6/c1-6-33-19-11-9-10-18(16-19)24-23(26(31)27(32)29(24)15-14-28(4)5)25(30)21-13-12-20(34-7-2)17-22(21)35-8-3/h9-13,16-17,24,30H,6-8,14-15H2,1-5H3/b25-23-. The van der Waals surface area contributed by atoms with E-state index in [-0.39, 0.29) is 11.3 Å². The summed E-state index contributed by atoms with van der Waals surface area (Å²) in [6.07, 6.45) is 0. The fraction of sp³-hybridized carbons (Fsp3) is 0.407. The zero-order valence-corrected chi connectivity index (χ0v) is 21.0. The average Bonchev–Trinajstić information content (AvgIpc) is 3.08. The molecule has 0 aromatic heterocycles. The maximum absolute atomic E-state index is 13.3. The number of ketones is 1. The second-order valence-electron chi connectivity index (χ2n) is 8.33. The van der Waals surface area contributed by atoms with Crippen LogP contribution in [0.1, 0.15) is 37.9 Å². The molecule has 8 heteroatoms. The number of amides is 1. The molecule has 2 aromatic rings. The lowest BCUT2D eigenvalue weighted by Gasteiger charge is -2.27. The van der Waals surface area contributed by atoms with E-state index in [2.05, 4.69) is 0 Å². The van der Waals surface area contributed by atoms with Gasteiger partial charge in [-0.2, -0.15) is 0 Å². The second-order valence-corrected chi connectivity index (χ2v) is 8.33. The van der Waals surface area contributed by atoms with Crippen molar-refractivity contribution in [2.75, 3.05) is 47.0 Å². The van der Waals surface area contributed by atoms with Crippen LogP contribution in [0.15, 0.2) is 48.0 Å². The zero-order chi connectivity index (χ0) is 25.5. The number of carbonyl (C=O) groups excluding carboxylic acids is 2. The first kappa shape index (κ1) is 26.1. The summed E-state index contributed by atoms with van der Waals surface area (Å²) in [6.45, 7) is 7.78. The summed E-state index contributed by atoms with van der Waals surface area (Å²) in [4.78, 5) is 29.9. The number of aliphatic hydroxyl groups is 1. The molecular formula is C27H34N2O6. The highest BCUT2D eigenvalue weighted by Gasteiger charge is 2.46. The highest BCUT2D eigenvalue weighted by atomic mass is 16.5. The SMILES string of the molecule is CCOc1cccc(C2/C(=C(/O)c3ccc(OCC)cc3OCC)C(=O)C(=O)N2CCN(C)C)c1. The molecule has 0 spiro atoms. The van der Waals surface area contributed by atoms with Gasteiger partial charge in [0.15, 0.2) is 0 Å². The van der Waals surface area contributed by atoms with Gasteiger partial charge in [-0.25, -0.2) is 0 Å². The van der Waals surface area contributed by atoms with Crippen LogP contribution in [-0.4, -0.2) is 73.6 Å². The van der Waals surface area contributed by atoms with Gasteiger partial charge in [0.05, 0.1) is 37.0 Å². The number of likely N-dealkylation sites (N-methyl/N-ethyl adjacent to an activating group) is 1. The van der Waals surface area contributed by atoms with Crippen molar-refractivity contribution in [1.82, 2.24) is 9.80 Å². The quantitative estimate of drug-likeness (QED) is 0.296. The predicted molar refractivity (Wildman–Crippen MR) is 134 cm³/mol. The van der Waals surface area contributed by atoms with Gasteiger partial charge in [0.25, 0.3) is 11.7 Å². The number of hydrogen-bond donors (Lipinski definition) is 1. The third kappa shape index (κ3) is 5.77. The molecule has 0 bridgehead atoms. The Morgan fingerprint density at radius 3 is 2.23 bits per heavy atom. The van der Waals surface area contributed by atoms with Gasteiger partial charge in [0.1, 0.15) is 23.0 Å². The van der Waals surface area contributed by atoms with Crippen molar-refractivity contribution in [2.45, 2.75) is 26.8 Å². The molecule has 1 aliphatic heterocycles. The molecule has 1 unspecified atom stereocenters. The third-order valence-corrected chi connectivity index (χ3v) is 5.63. The van der Waals surface area contributed by atoms with E-state index in [4.69, 9.17) is 14.2 Å². The van der Waals surface area contributed by atoms with E-state index in [0.717, 1.165) is 0 Å². The summed E-state index contributed by atoms with van der Waals surface area (Å²) >= 11 is 0. The van der Waals surface area contributed by atoms with E-state index < -0.39 is 17.7 Å². The minimum Gasteiger partial charge on any atom is -0.507 e. The Morgan fingerprint density at radius 1 is 0.943 bits per heavy atom. The van der Waals surface area contributed by atoms with Crippen molar-refractivity contribution in [3.8, 4) is 17.2 Å². The Labute approximate surface area is 206 Å². The highest BCUT2D eigenvalue weighted by Crippen LogP contribution is 2.42. The van der Waals surface area contributed by atoms with Crippen molar-refractivity contribution in [2.24, 2.45) is 0 Å². The zero-order valence-electron chi connectivity index (χ0n) is 21.0. The summed E-state index contributed by atoms with van der Waals surface area (Å²) < 4.78 is 17.0. The molecule has 1 N–H and O–H groups in total. The Morgan fingerprint density at radius 2 is 1.60 bits per heavy atom. The van der Waals surface area contributed by atoms with Crippen LogP contribution in [0, 0.1) is 0 Å². The first-order chi connectivity index (χ1) is 16.8. The molecule has 1 aliphatic rings. The minimum atomic E-state index is -0.767. The number of benzene rings is 2. The first-order valence-corrected chi connectivity index (χ1v) is 11.9. The van der Waals surface area contributed by atoms with Gasteiger partial charge in [0, 0.05) is 19.2 Å². The number of ether oxygens (including phenoxy) is 3. The van der Waals surface area contributed by atoms with Gasteiger partial charge in [-0.3, -0.25) is 9.59 Å². The molecule has 0 saturated carbocycles. The van der Waals surface area contributed by atoms with Crippen LogP contribution in [0.5, 0.6) is 17.2 Å². The molecule has 1 saturated heterocycles. The minimum absolute atomic E-state index is 0.0208. The smallest absolute Gasteiger partial charge is 0.295 e. The van der Waals surface area contributed by atoms with Crippen LogP contribution in [0.4, 0.5) is 0 Å². The number of carbonyl (C=O) groups is 2. The van der Waals surface area contributed by atoms with E-state index in [1.165, 1.54) is 4.90 Å². The number of likely N-dealkylation sites (tertiary alicyclic amines) is 1. The average molecular weight is 483 g/mol. The normalized spacial score (nSPS) is 17.2. The van der Waals surface area contributed by atoms with Crippen LogP contribution in [0.3, 0.4) is 0 Å². The van der Waals surface area contributed by atoms with E-state index in [1.807, 2.05) is 58.0 Å². The largest absolute Gasteiger partial charge is 0.507 e. The topological polar surface area (TPSA) is 88.5 Å². The molecule has 0 aliphatic carbocycles. The number of aliphatic hydroxyl groups excluding tert-OH is 1. The van der Waals surface area contributed by atoms with Gasteiger partial charge < -0.3 is 29.1 Å². The Hall–Kier alpha value is -3.52. The summed E-state index contributed by atoms with van der Waals surface area (Å²) in [6, 6.07) is 11.5. The van der Waals surface area contributed by atoms with Crippen LogP contribution < -0.4 is 14.2 Å². The van der Waals surface area contributed by atoms with Crippen LogP contribution >= 0.6 is 0 Å². The number of hydrogen-bond acceptors (Lipinski definition) is 7. The van der Waals surface area contributed by atoms with E-state index in [0.29, 0.717) is 61.3 Å². The third-order valence-electron chi connectivity index (χ3n) is 5.63. The molecule has 35 heavy (non-hydrogen) atoms. The summed E-state index contributed by atoms with van der Waals surface area (Å²) in [5.74, 6) is -0.0843. The molecule has 1 heterocycles. The van der Waals surface area contributed by atoms with Crippen LogP contribution in [0.25, 0.3) is 5.76 Å². The summed E-state index contributed by atoms with van der Waals surface area (Å²) in [7, 11) is 3.80. The van der Waals surface area contributed by atoms with E-state index >= 15 is 0 Å². The fourth-order valence-corrected chi connectivity index (χ4v) is 4.08. The maximum Gasteiger partial charge on any atom is 0.295 e. The number of rotatable bonds is 11. The van der Waals surface area contributed by atoms with Crippen LogP contribution in [-0.2, 0) is 9.59 Å². The highest BCUT2D eigenvalue weighted by molar-refractivity contribution is 6.46. The van der Waals surface area contributed by atoms with Gasteiger partial charge in [-0.1, -0.05) is 12.1 Å². The Balaban J connectivity index is 2.19. The molecule has 188 valence electrons. The van der Waals surface area contributed by atoms with Crippen molar-refractivity contribution in [1.29, 1.82) is 0 Å². The van der Waals surface area contributed by atoms with Gasteiger partial charge >= 0.3 is 0 Å². The lowest BCUT2D eigenvalue weighted by molar-refractivity contribution is -0.140. The predicted octanol–water partition coefficient (Wildman–Crippen LogP) is 3.87. The Kier molecular flexibility index (Phi) is 8.76. The number of Topliss-reactive ketones (excluding diaryl/α,β-unsaturated/α-hetero) is 1. The monoisotopic (exact) mass is 482 g/mol. The molecule has 3 rings (SSSR count). The summed E-state index contributed by atoms with van der Waals surface area (Å²) in [5.41, 5.74) is 1.03. The Bertz CT molecular complexity index is 1090. The lowest BCUT2D eigenvalue weighted by Crippen LogP contribution is -2.35. The molecular weight excluding hydrogens is 448 g/mol. The van der Waals surface area contributed by atoms with Crippen molar-refractivity contribution in [3.05, 3.63) is 59.2 Å². The van der Waals surface area contributed by atoms with E-state index in [9.17, 15) is 14.7 Å². The molecule has 1 atom stereocenters. The maximum atomic E-state index is 13.3. The molecule has 0 radical (unpaired) electrons. The van der Waals surface area contributed by atoms with Gasteiger partial charge in [-0.15, -0.1) is 0 Å². The second kappa shape index (κ2) is 11.8. The number of nitrogens with zero attached hydrogens (tertiary/aromatic N) is 2.